The van der Waals surface area contributed by atoms with Crippen LogP contribution >= 0.6 is 23.2 Å². The molecule has 1 aromatic heterocycles. The molecule has 6 rings (SSSR count). The second kappa shape index (κ2) is 12.8. The fourth-order valence-corrected chi connectivity index (χ4v) is 7.74. The van der Waals surface area contributed by atoms with Crippen LogP contribution in [0.4, 0.5) is 5.69 Å². The average Bonchev–Trinajstić information content (AvgIpc) is 3.53. The summed E-state index contributed by atoms with van der Waals surface area (Å²) in [6, 6.07) is 18.8. The third kappa shape index (κ3) is 6.72. The Hall–Kier alpha value is -3.59. The van der Waals surface area contributed by atoms with E-state index in [1.165, 1.54) is 43.2 Å². The number of nitrogens with one attached hydrogen (secondary N) is 1. The Labute approximate surface area is 268 Å². The third-order valence-corrected chi connectivity index (χ3v) is 10.3. The number of aromatic nitrogens is 2. The molecule has 0 bridgehead atoms. The van der Waals surface area contributed by atoms with E-state index >= 15 is 0 Å². The zero-order chi connectivity index (χ0) is 30.8. The molecule has 2 aliphatic rings. The molecule has 2 heterocycles. The molecular weight excluding hydrogens is 615 g/mol. The zero-order valence-corrected chi connectivity index (χ0v) is 26.8. The van der Waals surface area contributed by atoms with Crippen molar-refractivity contribution in [2.75, 3.05) is 10.8 Å². The van der Waals surface area contributed by atoms with Crippen molar-refractivity contribution >= 4 is 51.1 Å². The molecule has 44 heavy (non-hydrogen) atoms. The van der Waals surface area contributed by atoms with Crippen molar-refractivity contribution < 1.29 is 13.2 Å². The van der Waals surface area contributed by atoms with Crippen LogP contribution in [0, 0.1) is 12.8 Å². The molecular formula is C34H34Cl2N4O3S. The molecule has 1 aliphatic carbocycles. The highest BCUT2D eigenvalue weighted by molar-refractivity contribution is 7.92. The number of hydrogen-bond acceptors (Lipinski definition) is 4. The molecule has 1 aliphatic heterocycles. The molecule has 4 aromatic rings. The summed E-state index contributed by atoms with van der Waals surface area (Å²) in [5.41, 5.74) is 5.99. The quantitative estimate of drug-likeness (QED) is 0.210. The standard InChI is InChI=1S/C34H34Cl2N4O3S/c1-23-17-25(13-14-26(23)10-5-9-24-7-3-2-4-8-24)18-33-37-32(30-16-15-27(35)19-31(30)36)21-39(33)28-11-6-12-29(20-28)40-22-34(41)38-44(40,42)43/h5-6,10-17,19-21,24H,2-4,7-9,18,22H2,1H3,(H,38,41)/b10-5+. The zero-order valence-electron chi connectivity index (χ0n) is 24.5. The molecule has 0 unspecified atom stereocenters. The lowest BCUT2D eigenvalue weighted by Crippen LogP contribution is -2.29. The monoisotopic (exact) mass is 648 g/mol. The molecule has 0 atom stereocenters. The Morgan fingerprint density at radius 1 is 1.00 bits per heavy atom. The lowest BCUT2D eigenvalue weighted by molar-refractivity contribution is -0.117. The number of anilines is 1. The van der Waals surface area contributed by atoms with E-state index < -0.39 is 16.1 Å². The number of aryl methyl sites for hydroxylation is 1. The second-order valence-electron chi connectivity index (χ2n) is 11.6. The van der Waals surface area contributed by atoms with Crippen molar-refractivity contribution in [2.24, 2.45) is 5.92 Å². The molecule has 10 heteroatoms. The second-order valence-corrected chi connectivity index (χ2v) is 14.0. The molecule has 0 spiro atoms. The van der Waals surface area contributed by atoms with Gasteiger partial charge in [0, 0.05) is 28.9 Å². The van der Waals surface area contributed by atoms with Crippen molar-refractivity contribution in [1.29, 1.82) is 0 Å². The molecule has 1 N–H and O–H groups in total. The number of benzene rings is 3. The Morgan fingerprint density at radius 2 is 1.80 bits per heavy atom. The average molecular weight is 650 g/mol. The van der Waals surface area contributed by atoms with Gasteiger partial charge in [0.1, 0.15) is 12.4 Å². The predicted octanol–water partition coefficient (Wildman–Crippen LogP) is 7.91. The maximum atomic E-state index is 12.5. The van der Waals surface area contributed by atoms with E-state index in [4.69, 9.17) is 28.2 Å². The van der Waals surface area contributed by atoms with E-state index in [9.17, 15) is 13.2 Å². The number of carbonyl (C=O) groups excluding carboxylic acids is 1. The first-order chi connectivity index (χ1) is 21.2. The number of carbonyl (C=O) groups is 1. The van der Waals surface area contributed by atoms with Gasteiger partial charge in [-0.05, 0) is 72.4 Å². The minimum Gasteiger partial charge on any atom is -0.303 e. The summed E-state index contributed by atoms with van der Waals surface area (Å²) < 4.78 is 30.1. The van der Waals surface area contributed by atoms with E-state index in [2.05, 4.69) is 37.3 Å². The van der Waals surface area contributed by atoms with E-state index in [-0.39, 0.29) is 6.54 Å². The van der Waals surface area contributed by atoms with Gasteiger partial charge in [0.15, 0.2) is 0 Å². The molecule has 1 amide bonds. The number of nitrogens with zero attached hydrogens (tertiary/aromatic N) is 3. The summed E-state index contributed by atoms with van der Waals surface area (Å²) >= 11 is 12.7. The number of rotatable bonds is 8. The van der Waals surface area contributed by atoms with Crippen LogP contribution in [0.5, 0.6) is 0 Å². The number of hydrogen-bond donors (Lipinski definition) is 1. The van der Waals surface area contributed by atoms with Gasteiger partial charge in [0.25, 0.3) is 5.91 Å². The van der Waals surface area contributed by atoms with Gasteiger partial charge in [-0.3, -0.25) is 4.79 Å². The van der Waals surface area contributed by atoms with E-state index in [1.54, 1.807) is 30.3 Å². The van der Waals surface area contributed by atoms with Crippen LogP contribution in [-0.2, 0) is 21.4 Å². The fraction of sp³-hybridized carbons (Fsp3) is 0.294. The number of imidazole rings is 1. The van der Waals surface area contributed by atoms with Crippen molar-refractivity contribution in [3.63, 3.8) is 0 Å². The first-order valence-electron chi connectivity index (χ1n) is 14.9. The summed E-state index contributed by atoms with van der Waals surface area (Å²) in [4.78, 5) is 16.9. The highest BCUT2D eigenvalue weighted by atomic mass is 35.5. The summed E-state index contributed by atoms with van der Waals surface area (Å²) in [6.45, 7) is 1.86. The maximum absolute atomic E-state index is 12.5. The molecule has 7 nitrogen and oxygen atoms in total. The number of halogens is 2. The van der Waals surface area contributed by atoms with Gasteiger partial charge in [-0.1, -0.05) is 91.7 Å². The third-order valence-electron chi connectivity index (χ3n) is 8.39. The van der Waals surface area contributed by atoms with E-state index in [0.29, 0.717) is 33.5 Å². The molecule has 1 saturated carbocycles. The van der Waals surface area contributed by atoms with Gasteiger partial charge in [-0.15, -0.1) is 0 Å². The molecule has 3 aromatic carbocycles. The van der Waals surface area contributed by atoms with Crippen LogP contribution in [0.25, 0.3) is 23.0 Å². The molecule has 1 saturated heterocycles. The van der Waals surface area contributed by atoms with Crippen molar-refractivity contribution in [3.8, 4) is 16.9 Å². The first kappa shape index (κ1) is 30.4. The lowest BCUT2D eigenvalue weighted by atomic mass is 9.87. The minimum atomic E-state index is -3.94. The highest BCUT2D eigenvalue weighted by Gasteiger charge is 2.34. The SMILES string of the molecule is Cc1cc(Cc2nc(-c3ccc(Cl)cc3Cl)cn2-c2cccc(N3CC(=O)NS3(=O)=O)c2)ccc1/C=C/CC1CCCCC1. The van der Waals surface area contributed by atoms with Gasteiger partial charge >= 0.3 is 10.2 Å². The van der Waals surface area contributed by atoms with Crippen molar-refractivity contribution in [2.45, 2.75) is 51.9 Å². The lowest BCUT2D eigenvalue weighted by Gasteiger charge is -2.19. The van der Waals surface area contributed by atoms with Crippen LogP contribution in [0.2, 0.25) is 10.0 Å². The van der Waals surface area contributed by atoms with E-state index in [1.807, 2.05) is 27.6 Å². The Kier molecular flexibility index (Phi) is 8.85. The summed E-state index contributed by atoms with van der Waals surface area (Å²) in [5.74, 6) is 0.991. The summed E-state index contributed by atoms with van der Waals surface area (Å²) in [7, 11) is -3.94. The summed E-state index contributed by atoms with van der Waals surface area (Å²) in [5, 5.41) is 1.01. The van der Waals surface area contributed by atoms with Gasteiger partial charge in [-0.2, -0.15) is 8.42 Å². The van der Waals surface area contributed by atoms with Gasteiger partial charge in [0.05, 0.1) is 16.4 Å². The van der Waals surface area contributed by atoms with Crippen LogP contribution in [0.3, 0.4) is 0 Å². The normalized spacial score (nSPS) is 17.0. The van der Waals surface area contributed by atoms with Crippen LogP contribution in [0.1, 0.15) is 61.0 Å². The minimum absolute atomic E-state index is 0.269. The fourth-order valence-electron chi connectivity index (χ4n) is 6.10. The van der Waals surface area contributed by atoms with Crippen LogP contribution < -0.4 is 9.03 Å². The maximum Gasteiger partial charge on any atom is 0.326 e. The van der Waals surface area contributed by atoms with Crippen LogP contribution in [0.15, 0.2) is 72.9 Å². The largest absolute Gasteiger partial charge is 0.326 e. The van der Waals surface area contributed by atoms with Gasteiger partial charge < -0.3 is 4.57 Å². The topological polar surface area (TPSA) is 84.3 Å². The smallest absolute Gasteiger partial charge is 0.303 e. The Bertz CT molecular complexity index is 1840. The first-order valence-corrected chi connectivity index (χ1v) is 17.1. The molecule has 0 radical (unpaired) electrons. The number of amides is 1. The Morgan fingerprint density at radius 3 is 2.52 bits per heavy atom. The van der Waals surface area contributed by atoms with Gasteiger partial charge in [-0.25, -0.2) is 14.0 Å². The van der Waals surface area contributed by atoms with E-state index in [0.717, 1.165) is 33.6 Å². The van der Waals surface area contributed by atoms with Crippen molar-refractivity contribution in [1.82, 2.24) is 14.3 Å². The molecule has 228 valence electrons. The number of allylic oxidation sites excluding steroid dienone is 1. The van der Waals surface area contributed by atoms with Gasteiger partial charge in [0.2, 0.25) is 0 Å². The van der Waals surface area contributed by atoms with Crippen molar-refractivity contribution in [3.05, 3.63) is 105 Å². The predicted molar refractivity (Wildman–Crippen MR) is 178 cm³/mol. The van der Waals surface area contributed by atoms with Crippen LogP contribution in [-0.4, -0.2) is 30.4 Å². The molecule has 2 fully saturated rings. The highest BCUT2D eigenvalue weighted by Crippen LogP contribution is 2.33. The Balaban J connectivity index is 1.32. The summed E-state index contributed by atoms with van der Waals surface area (Å²) in [6.07, 6.45) is 14.9.